The average Bonchev–Trinajstić information content (AvgIpc) is 2.84. The number of hydrogen-bond donors (Lipinski definition) is 1. The predicted molar refractivity (Wildman–Crippen MR) is 119 cm³/mol. The van der Waals surface area contributed by atoms with Crippen LogP contribution in [0.25, 0.3) is 5.69 Å². The molecule has 0 unspecified atom stereocenters. The smallest absolute Gasteiger partial charge is 0.320 e. The van der Waals surface area contributed by atoms with Crippen molar-refractivity contribution in [2.75, 3.05) is 5.32 Å². The van der Waals surface area contributed by atoms with Gasteiger partial charge >= 0.3 is 11.9 Å². The highest BCUT2D eigenvalue weighted by Gasteiger charge is 2.31. The van der Waals surface area contributed by atoms with Crippen molar-refractivity contribution in [1.29, 1.82) is 0 Å². The van der Waals surface area contributed by atoms with E-state index >= 15 is 0 Å². The average molecular weight is 502 g/mol. The van der Waals surface area contributed by atoms with Crippen molar-refractivity contribution in [2.45, 2.75) is 12.7 Å². The summed E-state index contributed by atoms with van der Waals surface area (Å²) in [7, 11) is 0. The number of hydrogen-bond acceptors (Lipinski definition) is 4. The quantitative estimate of drug-likeness (QED) is 0.419. The van der Waals surface area contributed by atoms with E-state index in [9.17, 15) is 36.3 Å². The van der Waals surface area contributed by atoms with E-state index in [1.807, 2.05) is 0 Å². The number of nitrogens with one attached hydrogen (secondary N) is 1. The minimum atomic E-state index is -4.73. The number of carbonyl (C=O) groups excluding carboxylic acids is 1. The largest absolute Gasteiger partial charge is 0.416 e. The molecule has 1 N–H and O–H groups in total. The Morgan fingerprint density at radius 2 is 1.50 bits per heavy atom. The Kier molecular flexibility index (Phi) is 6.51. The maximum absolute atomic E-state index is 13.3. The standard InChI is InChI=1S/C24H15F5N4O3/c25-16-6-4-14(5-7-16)13-32-22(35)20(21(34)30-18-10-8-17(26)9-11-18)31-33(23(32)36)19-3-1-2-15(12-19)24(27,28)29/h1-12H,13H2,(H,30,34). The van der Waals surface area contributed by atoms with Crippen LogP contribution in [0.4, 0.5) is 27.6 Å². The summed E-state index contributed by atoms with van der Waals surface area (Å²) in [5, 5.41) is 6.08. The van der Waals surface area contributed by atoms with E-state index in [1.54, 1.807) is 0 Å². The zero-order chi connectivity index (χ0) is 26.0. The van der Waals surface area contributed by atoms with Gasteiger partial charge in [0, 0.05) is 5.69 Å². The monoisotopic (exact) mass is 502 g/mol. The summed E-state index contributed by atoms with van der Waals surface area (Å²) in [5.74, 6) is -2.23. The third kappa shape index (κ3) is 5.22. The van der Waals surface area contributed by atoms with Gasteiger partial charge in [0.15, 0.2) is 0 Å². The molecule has 0 saturated heterocycles. The second-order valence-corrected chi connectivity index (χ2v) is 7.57. The van der Waals surface area contributed by atoms with Crippen molar-refractivity contribution >= 4 is 11.6 Å². The van der Waals surface area contributed by atoms with Crippen LogP contribution in [-0.2, 0) is 12.7 Å². The van der Waals surface area contributed by atoms with Crippen LogP contribution in [-0.4, -0.2) is 20.3 Å². The van der Waals surface area contributed by atoms with E-state index in [1.165, 1.54) is 24.3 Å². The minimum Gasteiger partial charge on any atom is -0.320 e. The highest BCUT2D eigenvalue weighted by atomic mass is 19.4. The first-order valence-electron chi connectivity index (χ1n) is 10.3. The van der Waals surface area contributed by atoms with Crippen molar-refractivity contribution in [3.05, 3.63) is 122 Å². The zero-order valence-electron chi connectivity index (χ0n) is 18.1. The van der Waals surface area contributed by atoms with Crippen LogP contribution in [0, 0.1) is 11.6 Å². The fourth-order valence-corrected chi connectivity index (χ4v) is 3.27. The molecule has 1 aromatic heterocycles. The van der Waals surface area contributed by atoms with Gasteiger partial charge in [-0.1, -0.05) is 18.2 Å². The van der Waals surface area contributed by atoms with Gasteiger partial charge in [-0.25, -0.2) is 13.6 Å². The number of halogens is 5. The van der Waals surface area contributed by atoms with Crippen molar-refractivity contribution in [1.82, 2.24) is 14.3 Å². The van der Waals surface area contributed by atoms with Crippen LogP contribution >= 0.6 is 0 Å². The lowest BCUT2D eigenvalue weighted by molar-refractivity contribution is -0.137. The third-order valence-electron chi connectivity index (χ3n) is 5.05. The maximum atomic E-state index is 13.3. The summed E-state index contributed by atoms with van der Waals surface area (Å²) < 4.78 is 67.3. The van der Waals surface area contributed by atoms with Gasteiger partial charge < -0.3 is 5.32 Å². The van der Waals surface area contributed by atoms with Crippen LogP contribution in [0.3, 0.4) is 0 Å². The molecule has 3 aromatic carbocycles. The molecular formula is C24H15F5N4O3. The first-order valence-corrected chi connectivity index (χ1v) is 10.3. The Balaban J connectivity index is 1.86. The maximum Gasteiger partial charge on any atom is 0.416 e. The molecule has 0 radical (unpaired) electrons. The summed E-state index contributed by atoms with van der Waals surface area (Å²) in [5.41, 5.74) is -4.08. The number of rotatable bonds is 5. The van der Waals surface area contributed by atoms with Gasteiger partial charge in [0.25, 0.3) is 11.5 Å². The predicted octanol–water partition coefficient (Wildman–Crippen LogP) is 3.99. The minimum absolute atomic E-state index is 0.101. The van der Waals surface area contributed by atoms with Gasteiger partial charge in [-0.05, 0) is 60.2 Å². The number of benzene rings is 3. The molecule has 1 amide bonds. The molecule has 0 aliphatic heterocycles. The Morgan fingerprint density at radius 1 is 0.889 bits per heavy atom. The summed E-state index contributed by atoms with van der Waals surface area (Å²) in [4.78, 5) is 39.1. The van der Waals surface area contributed by atoms with Crippen molar-refractivity contribution in [3.8, 4) is 5.69 Å². The highest BCUT2D eigenvalue weighted by Crippen LogP contribution is 2.30. The van der Waals surface area contributed by atoms with Crippen LogP contribution in [0.15, 0.2) is 82.4 Å². The first-order chi connectivity index (χ1) is 17.0. The lowest BCUT2D eigenvalue weighted by Gasteiger charge is -2.14. The Labute approximate surface area is 199 Å². The molecule has 12 heteroatoms. The molecule has 0 atom stereocenters. The van der Waals surface area contributed by atoms with E-state index in [-0.39, 0.29) is 11.4 Å². The molecule has 4 rings (SSSR count). The van der Waals surface area contributed by atoms with Gasteiger partial charge in [-0.2, -0.15) is 23.0 Å². The second kappa shape index (κ2) is 9.56. The number of anilines is 1. The molecule has 7 nitrogen and oxygen atoms in total. The molecule has 0 bridgehead atoms. The fourth-order valence-electron chi connectivity index (χ4n) is 3.27. The van der Waals surface area contributed by atoms with Gasteiger partial charge in [0.2, 0.25) is 5.69 Å². The molecule has 0 aliphatic rings. The number of nitrogens with zero attached hydrogens (tertiary/aromatic N) is 3. The second-order valence-electron chi connectivity index (χ2n) is 7.57. The van der Waals surface area contributed by atoms with E-state index in [0.29, 0.717) is 20.9 Å². The van der Waals surface area contributed by atoms with Gasteiger partial charge in [-0.3, -0.25) is 14.2 Å². The van der Waals surface area contributed by atoms with Crippen molar-refractivity contribution < 1.29 is 26.7 Å². The Hall–Kier alpha value is -4.61. The highest BCUT2D eigenvalue weighted by molar-refractivity contribution is 6.02. The summed E-state index contributed by atoms with van der Waals surface area (Å²) >= 11 is 0. The summed E-state index contributed by atoms with van der Waals surface area (Å²) in [6, 6.07) is 12.9. The Bertz CT molecular complexity index is 1540. The molecule has 0 spiro atoms. The summed E-state index contributed by atoms with van der Waals surface area (Å²) in [6.45, 7) is -0.420. The fraction of sp³-hybridized carbons (Fsp3) is 0.0833. The first kappa shape index (κ1) is 24.5. The lowest BCUT2D eigenvalue weighted by atomic mass is 10.2. The molecule has 4 aromatic rings. The van der Waals surface area contributed by atoms with Crippen LogP contribution in [0.5, 0.6) is 0 Å². The molecule has 0 aliphatic carbocycles. The SMILES string of the molecule is O=C(Nc1ccc(F)cc1)c1nn(-c2cccc(C(F)(F)F)c2)c(=O)n(Cc2ccc(F)cc2)c1=O. The normalized spacial score (nSPS) is 11.4. The molecular weight excluding hydrogens is 487 g/mol. The van der Waals surface area contributed by atoms with E-state index in [2.05, 4.69) is 10.4 Å². The van der Waals surface area contributed by atoms with Crippen LogP contribution in [0.1, 0.15) is 21.6 Å². The topological polar surface area (TPSA) is 86.0 Å². The van der Waals surface area contributed by atoms with E-state index in [4.69, 9.17) is 0 Å². The Morgan fingerprint density at radius 3 is 2.11 bits per heavy atom. The molecule has 184 valence electrons. The van der Waals surface area contributed by atoms with E-state index in [0.717, 1.165) is 42.5 Å². The van der Waals surface area contributed by atoms with Gasteiger partial charge in [0.1, 0.15) is 11.6 Å². The summed E-state index contributed by atoms with van der Waals surface area (Å²) in [6.07, 6.45) is -4.73. The molecule has 36 heavy (non-hydrogen) atoms. The molecule has 0 fully saturated rings. The van der Waals surface area contributed by atoms with Crippen LogP contribution < -0.4 is 16.6 Å². The third-order valence-corrected chi connectivity index (χ3v) is 5.05. The van der Waals surface area contributed by atoms with Crippen molar-refractivity contribution in [2.24, 2.45) is 0 Å². The number of carbonyl (C=O) groups is 1. The number of amides is 1. The van der Waals surface area contributed by atoms with Gasteiger partial charge in [-0.15, -0.1) is 0 Å². The molecule has 1 heterocycles. The lowest BCUT2D eigenvalue weighted by Crippen LogP contribution is -2.45. The van der Waals surface area contributed by atoms with Crippen molar-refractivity contribution in [3.63, 3.8) is 0 Å². The number of alkyl halides is 3. The molecule has 0 saturated carbocycles. The zero-order valence-corrected chi connectivity index (χ0v) is 18.1. The van der Waals surface area contributed by atoms with Crippen LogP contribution in [0.2, 0.25) is 0 Å². The van der Waals surface area contributed by atoms with Gasteiger partial charge in [0.05, 0.1) is 17.8 Å². The number of aromatic nitrogens is 3. The van der Waals surface area contributed by atoms with E-state index < -0.39 is 52.8 Å².